The number of hydrogen-bond acceptors (Lipinski definition) is 6. The lowest BCUT2D eigenvalue weighted by Gasteiger charge is -2.22. The molecule has 0 aliphatic rings. The van der Waals surface area contributed by atoms with Crippen LogP contribution in [0.1, 0.15) is 33.3 Å². The van der Waals surface area contributed by atoms with Gasteiger partial charge in [-0.15, -0.1) is 5.10 Å². The van der Waals surface area contributed by atoms with Gasteiger partial charge in [0.2, 0.25) is 11.1 Å². The second-order valence-corrected chi connectivity index (χ2v) is 7.77. The lowest BCUT2D eigenvalue weighted by molar-refractivity contribution is -0.121. The van der Waals surface area contributed by atoms with Gasteiger partial charge >= 0.3 is 0 Å². The highest BCUT2D eigenvalue weighted by molar-refractivity contribution is 8.00. The molecule has 1 aromatic carbocycles. The number of nitrogens with one attached hydrogen (secondary N) is 1. The van der Waals surface area contributed by atoms with E-state index in [1.54, 1.807) is 11.8 Å². The van der Waals surface area contributed by atoms with Crippen LogP contribution in [0.15, 0.2) is 29.4 Å². The normalized spacial score (nSPS) is 12.7. The van der Waals surface area contributed by atoms with Gasteiger partial charge < -0.3 is 10.1 Å². The number of tetrazole rings is 1. The Morgan fingerprint density at radius 3 is 2.58 bits per heavy atom. The van der Waals surface area contributed by atoms with Crippen LogP contribution in [0, 0.1) is 0 Å². The Morgan fingerprint density at radius 2 is 2.00 bits per heavy atom. The topological polar surface area (TPSA) is 81.9 Å². The summed E-state index contributed by atoms with van der Waals surface area (Å²) in [6, 6.07) is 7.72. The molecular weight excluding hydrogens is 326 g/mol. The molecule has 8 heteroatoms. The fourth-order valence-electron chi connectivity index (χ4n) is 1.97. The fraction of sp³-hybridized carbons (Fsp3) is 0.500. The first kappa shape index (κ1) is 18.3. The first-order chi connectivity index (χ1) is 11.3. The lowest BCUT2D eigenvalue weighted by atomic mass is 10.1. The van der Waals surface area contributed by atoms with Crippen LogP contribution in [0.5, 0.6) is 5.75 Å². The van der Waals surface area contributed by atoms with Crippen LogP contribution in [-0.2, 0) is 11.3 Å². The third kappa shape index (κ3) is 5.23. The maximum absolute atomic E-state index is 12.2. The highest BCUT2D eigenvalue weighted by Gasteiger charge is 2.22. The van der Waals surface area contributed by atoms with E-state index >= 15 is 0 Å². The summed E-state index contributed by atoms with van der Waals surface area (Å²) in [7, 11) is 1.63. The molecule has 1 atom stereocenters. The third-order valence-corrected chi connectivity index (χ3v) is 4.21. The molecule has 130 valence electrons. The standard InChI is InChI=1S/C16H23N5O2S/c1-11(14(22)17-16(2,3)4)24-15-18-19-20-21(15)10-12-6-8-13(23-5)9-7-12/h6-9,11H,10H2,1-5H3,(H,17,22). The molecule has 24 heavy (non-hydrogen) atoms. The predicted octanol–water partition coefficient (Wildman–Crippen LogP) is 2.13. The van der Waals surface area contributed by atoms with Gasteiger partial charge in [0.1, 0.15) is 5.75 Å². The number of carbonyl (C=O) groups is 1. The maximum atomic E-state index is 12.2. The molecule has 0 bridgehead atoms. The van der Waals surface area contributed by atoms with E-state index in [0.717, 1.165) is 11.3 Å². The van der Waals surface area contributed by atoms with Crippen LogP contribution < -0.4 is 10.1 Å². The number of methoxy groups -OCH3 is 1. The van der Waals surface area contributed by atoms with Crippen LogP contribution >= 0.6 is 11.8 Å². The molecule has 0 aliphatic carbocycles. The van der Waals surface area contributed by atoms with E-state index in [2.05, 4.69) is 20.8 Å². The predicted molar refractivity (Wildman–Crippen MR) is 93.1 cm³/mol. The zero-order valence-electron chi connectivity index (χ0n) is 14.6. The van der Waals surface area contributed by atoms with Crippen molar-refractivity contribution in [1.82, 2.24) is 25.5 Å². The molecule has 0 radical (unpaired) electrons. The molecule has 2 rings (SSSR count). The van der Waals surface area contributed by atoms with Crippen molar-refractivity contribution in [1.29, 1.82) is 0 Å². The summed E-state index contributed by atoms with van der Waals surface area (Å²) in [4.78, 5) is 12.2. The molecule has 1 N–H and O–H groups in total. The summed E-state index contributed by atoms with van der Waals surface area (Å²) >= 11 is 1.34. The minimum Gasteiger partial charge on any atom is -0.497 e. The molecule has 2 aromatic rings. The highest BCUT2D eigenvalue weighted by atomic mass is 32.2. The maximum Gasteiger partial charge on any atom is 0.233 e. The molecule has 1 aromatic heterocycles. The molecule has 0 saturated carbocycles. The molecule has 1 amide bonds. The van der Waals surface area contributed by atoms with E-state index in [1.165, 1.54) is 11.8 Å². The number of carbonyl (C=O) groups excluding carboxylic acids is 1. The monoisotopic (exact) mass is 349 g/mol. The Balaban J connectivity index is 2.02. The number of hydrogen-bond donors (Lipinski definition) is 1. The average Bonchev–Trinajstić information content (AvgIpc) is 2.93. The van der Waals surface area contributed by atoms with Gasteiger partial charge in [0.05, 0.1) is 18.9 Å². The molecule has 7 nitrogen and oxygen atoms in total. The van der Waals surface area contributed by atoms with E-state index in [-0.39, 0.29) is 16.7 Å². The van der Waals surface area contributed by atoms with Crippen molar-refractivity contribution >= 4 is 17.7 Å². The van der Waals surface area contributed by atoms with Gasteiger partial charge in [-0.3, -0.25) is 4.79 Å². The van der Waals surface area contributed by atoms with Gasteiger partial charge in [-0.25, -0.2) is 4.68 Å². The number of aromatic nitrogens is 4. The van der Waals surface area contributed by atoms with Gasteiger partial charge in [0.25, 0.3) is 0 Å². The number of thioether (sulfide) groups is 1. The van der Waals surface area contributed by atoms with Gasteiger partial charge in [0, 0.05) is 5.54 Å². The van der Waals surface area contributed by atoms with Crippen LogP contribution in [-0.4, -0.2) is 44.0 Å². The van der Waals surface area contributed by atoms with E-state index in [4.69, 9.17) is 4.74 Å². The van der Waals surface area contributed by atoms with E-state index < -0.39 is 0 Å². The second-order valence-electron chi connectivity index (χ2n) is 6.47. The SMILES string of the molecule is COc1ccc(Cn2nnnc2SC(C)C(=O)NC(C)(C)C)cc1. The smallest absolute Gasteiger partial charge is 0.233 e. The van der Waals surface area contributed by atoms with Gasteiger partial charge in [-0.1, -0.05) is 23.9 Å². The van der Waals surface area contributed by atoms with E-state index in [0.29, 0.717) is 11.7 Å². The summed E-state index contributed by atoms with van der Waals surface area (Å²) in [5.74, 6) is 0.768. The minimum atomic E-state index is -0.287. The van der Waals surface area contributed by atoms with E-state index in [1.807, 2.05) is 52.0 Å². The summed E-state index contributed by atoms with van der Waals surface area (Å²) in [6.45, 7) is 8.24. The largest absolute Gasteiger partial charge is 0.497 e. The average molecular weight is 349 g/mol. The number of benzene rings is 1. The lowest BCUT2D eigenvalue weighted by Crippen LogP contribution is -2.44. The summed E-state index contributed by atoms with van der Waals surface area (Å²) in [6.07, 6.45) is 0. The Morgan fingerprint density at radius 1 is 1.33 bits per heavy atom. The Bertz CT molecular complexity index is 679. The Labute approximate surface area is 146 Å². The van der Waals surface area contributed by atoms with Gasteiger partial charge in [0.15, 0.2) is 0 Å². The number of rotatable bonds is 6. The second kappa shape index (κ2) is 7.65. The van der Waals surface area contributed by atoms with Gasteiger partial charge in [-0.05, 0) is 55.8 Å². The summed E-state index contributed by atoms with van der Waals surface area (Å²) in [5, 5.41) is 15.1. The molecule has 0 saturated heterocycles. The first-order valence-electron chi connectivity index (χ1n) is 7.66. The van der Waals surface area contributed by atoms with Crippen LogP contribution in [0.4, 0.5) is 0 Å². The van der Waals surface area contributed by atoms with Crippen LogP contribution in [0.2, 0.25) is 0 Å². The van der Waals surface area contributed by atoms with Crippen molar-refractivity contribution in [3.63, 3.8) is 0 Å². The summed E-state index contributed by atoms with van der Waals surface area (Å²) in [5.41, 5.74) is 0.790. The van der Waals surface area contributed by atoms with Crippen molar-refractivity contribution in [2.24, 2.45) is 0 Å². The van der Waals surface area contributed by atoms with Crippen molar-refractivity contribution in [2.75, 3.05) is 7.11 Å². The number of ether oxygens (including phenoxy) is 1. The van der Waals surface area contributed by atoms with Crippen molar-refractivity contribution in [3.8, 4) is 5.75 Å². The van der Waals surface area contributed by atoms with E-state index in [9.17, 15) is 4.79 Å². The molecule has 0 aliphatic heterocycles. The number of nitrogens with zero attached hydrogens (tertiary/aromatic N) is 4. The van der Waals surface area contributed by atoms with Crippen molar-refractivity contribution in [2.45, 2.75) is 50.2 Å². The minimum absolute atomic E-state index is 0.0357. The van der Waals surface area contributed by atoms with Crippen molar-refractivity contribution in [3.05, 3.63) is 29.8 Å². The number of amides is 1. The molecule has 0 fully saturated rings. The quantitative estimate of drug-likeness (QED) is 0.805. The highest BCUT2D eigenvalue weighted by Crippen LogP contribution is 2.22. The Kier molecular flexibility index (Phi) is 5.82. The third-order valence-electron chi connectivity index (χ3n) is 3.14. The van der Waals surface area contributed by atoms with Crippen molar-refractivity contribution < 1.29 is 9.53 Å². The fourth-order valence-corrected chi connectivity index (χ4v) is 2.76. The Hall–Kier alpha value is -2.09. The molecule has 1 heterocycles. The first-order valence-corrected chi connectivity index (χ1v) is 8.54. The zero-order valence-corrected chi connectivity index (χ0v) is 15.4. The van der Waals surface area contributed by atoms with Crippen LogP contribution in [0.25, 0.3) is 0 Å². The molecular formula is C16H23N5O2S. The molecule has 0 spiro atoms. The van der Waals surface area contributed by atoms with Gasteiger partial charge in [-0.2, -0.15) is 0 Å². The molecule has 1 unspecified atom stereocenters. The van der Waals surface area contributed by atoms with Crippen LogP contribution in [0.3, 0.4) is 0 Å². The zero-order chi connectivity index (χ0) is 17.7. The summed E-state index contributed by atoms with van der Waals surface area (Å²) < 4.78 is 6.84.